The third-order valence-corrected chi connectivity index (χ3v) is 3.53. The maximum atomic E-state index is 11.6. The first kappa shape index (κ1) is 13.1. The van der Waals surface area contributed by atoms with Gasteiger partial charge in [0.2, 0.25) is 5.91 Å². The summed E-state index contributed by atoms with van der Waals surface area (Å²) in [5.74, 6) is 0.0871. The first-order valence-corrected chi connectivity index (χ1v) is 6.72. The molecule has 1 amide bonds. The summed E-state index contributed by atoms with van der Waals surface area (Å²) >= 11 is 0. The quantitative estimate of drug-likeness (QED) is 0.778. The van der Waals surface area contributed by atoms with Crippen LogP contribution < -0.4 is 10.6 Å². The van der Waals surface area contributed by atoms with E-state index in [1.165, 1.54) is 25.7 Å². The topological polar surface area (TPSA) is 59.0 Å². The fourth-order valence-electron chi connectivity index (χ4n) is 2.41. The van der Waals surface area contributed by atoms with E-state index in [1.54, 1.807) is 6.20 Å². The van der Waals surface area contributed by atoms with E-state index in [2.05, 4.69) is 15.7 Å². The van der Waals surface area contributed by atoms with Gasteiger partial charge < -0.3 is 10.6 Å². The number of carbonyl (C=O) groups is 1. The van der Waals surface area contributed by atoms with Crippen molar-refractivity contribution in [1.82, 2.24) is 20.4 Å². The van der Waals surface area contributed by atoms with E-state index in [1.807, 2.05) is 17.8 Å². The van der Waals surface area contributed by atoms with Crippen molar-refractivity contribution in [2.45, 2.75) is 38.1 Å². The summed E-state index contributed by atoms with van der Waals surface area (Å²) in [6.07, 6.45) is 7.61. The van der Waals surface area contributed by atoms with Crippen LogP contribution in [0.1, 0.15) is 31.4 Å². The minimum Gasteiger partial charge on any atom is -0.355 e. The molecule has 0 bridgehead atoms. The molecule has 18 heavy (non-hydrogen) atoms. The third-order valence-electron chi connectivity index (χ3n) is 3.53. The Bertz CT molecular complexity index is 382. The summed E-state index contributed by atoms with van der Waals surface area (Å²) in [7, 11) is 1.92. The van der Waals surface area contributed by atoms with Crippen molar-refractivity contribution in [3.8, 4) is 0 Å². The van der Waals surface area contributed by atoms with Crippen LogP contribution in [-0.2, 0) is 18.3 Å². The normalized spacial score (nSPS) is 16.1. The number of rotatable bonds is 6. The Morgan fingerprint density at radius 2 is 2.28 bits per heavy atom. The van der Waals surface area contributed by atoms with Gasteiger partial charge >= 0.3 is 0 Å². The first-order chi connectivity index (χ1) is 8.75. The summed E-state index contributed by atoms with van der Waals surface area (Å²) in [4.78, 5) is 11.6. The Balaban J connectivity index is 1.58. The van der Waals surface area contributed by atoms with Crippen LogP contribution in [0.5, 0.6) is 0 Å². The van der Waals surface area contributed by atoms with Crippen molar-refractivity contribution in [1.29, 1.82) is 0 Å². The van der Waals surface area contributed by atoms with E-state index < -0.39 is 0 Å². The maximum absolute atomic E-state index is 11.6. The average Bonchev–Trinajstić information content (AvgIpc) is 2.99. The van der Waals surface area contributed by atoms with Gasteiger partial charge in [0.15, 0.2) is 0 Å². The van der Waals surface area contributed by atoms with Crippen molar-refractivity contribution in [3.63, 3.8) is 0 Å². The lowest BCUT2D eigenvalue weighted by atomic mass is 10.2. The molecule has 1 aromatic rings. The number of nitrogens with one attached hydrogen (secondary N) is 2. The molecule has 1 aromatic heterocycles. The van der Waals surface area contributed by atoms with E-state index in [9.17, 15) is 4.79 Å². The number of aryl methyl sites for hydroxylation is 1. The molecule has 1 aliphatic rings. The molecular weight excluding hydrogens is 228 g/mol. The van der Waals surface area contributed by atoms with E-state index in [0.29, 0.717) is 19.1 Å². The van der Waals surface area contributed by atoms with Crippen LogP contribution in [0.3, 0.4) is 0 Å². The standard InChI is InChI=1S/C13H22N4O/c1-17-12(7-9-16-17)6-8-14-13(18)10-15-11-4-2-3-5-11/h7,9,11,15H,2-6,8,10H2,1H3,(H,14,18). The molecule has 0 spiro atoms. The van der Waals surface area contributed by atoms with Crippen LogP contribution in [0.15, 0.2) is 12.3 Å². The van der Waals surface area contributed by atoms with Crippen LogP contribution in [0.4, 0.5) is 0 Å². The largest absolute Gasteiger partial charge is 0.355 e. The Kier molecular flexibility index (Phi) is 4.75. The second kappa shape index (κ2) is 6.54. The van der Waals surface area contributed by atoms with Crippen molar-refractivity contribution in [3.05, 3.63) is 18.0 Å². The van der Waals surface area contributed by atoms with Crippen LogP contribution in [0, 0.1) is 0 Å². The second-order valence-corrected chi connectivity index (χ2v) is 4.91. The van der Waals surface area contributed by atoms with Gasteiger partial charge in [-0.1, -0.05) is 12.8 Å². The Labute approximate surface area is 108 Å². The molecule has 100 valence electrons. The highest BCUT2D eigenvalue weighted by Crippen LogP contribution is 2.17. The molecule has 5 heteroatoms. The van der Waals surface area contributed by atoms with Crippen LogP contribution in [0.2, 0.25) is 0 Å². The van der Waals surface area contributed by atoms with Crippen molar-refractivity contribution < 1.29 is 4.79 Å². The van der Waals surface area contributed by atoms with E-state index in [0.717, 1.165) is 12.1 Å². The molecule has 1 aliphatic carbocycles. The molecule has 0 aromatic carbocycles. The van der Waals surface area contributed by atoms with E-state index in [4.69, 9.17) is 0 Å². The van der Waals surface area contributed by atoms with Crippen molar-refractivity contribution in [2.24, 2.45) is 7.05 Å². The molecule has 1 heterocycles. The van der Waals surface area contributed by atoms with Gasteiger partial charge in [-0.2, -0.15) is 5.10 Å². The Hall–Kier alpha value is -1.36. The molecule has 0 radical (unpaired) electrons. The zero-order valence-corrected chi connectivity index (χ0v) is 11.0. The predicted molar refractivity (Wildman–Crippen MR) is 70.2 cm³/mol. The predicted octanol–water partition coefficient (Wildman–Crippen LogP) is 0.611. The number of nitrogens with zero attached hydrogens (tertiary/aromatic N) is 2. The van der Waals surface area contributed by atoms with Gasteiger partial charge in [0.1, 0.15) is 0 Å². The van der Waals surface area contributed by atoms with Crippen molar-refractivity contribution in [2.75, 3.05) is 13.1 Å². The highest BCUT2D eigenvalue weighted by atomic mass is 16.1. The fourth-order valence-corrected chi connectivity index (χ4v) is 2.41. The van der Waals surface area contributed by atoms with Gasteiger partial charge in [-0.3, -0.25) is 9.48 Å². The molecule has 2 N–H and O–H groups in total. The highest BCUT2D eigenvalue weighted by molar-refractivity contribution is 5.78. The monoisotopic (exact) mass is 250 g/mol. The number of aromatic nitrogens is 2. The van der Waals surface area contributed by atoms with Gasteiger partial charge in [0.25, 0.3) is 0 Å². The van der Waals surface area contributed by atoms with Gasteiger partial charge in [-0.15, -0.1) is 0 Å². The lowest BCUT2D eigenvalue weighted by Crippen LogP contribution is -2.38. The van der Waals surface area contributed by atoms with Crippen molar-refractivity contribution >= 4 is 5.91 Å². The van der Waals surface area contributed by atoms with Gasteiger partial charge in [0, 0.05) is 37.9 Å². The number of carbonyl (C=O) groups excluding carboxylic acids is 1. The fraction of sp³-hybridized carbons (Fsp3) is 0.692. The number of hydrogen-bond donors (Lipinski definition) is 2. The summed E-state index contributed by atoms with van der Waals surface area (Å²) in [5, 5.41) is 10.3. The molecule has 0 atom stereocenters. The minimum absolute atomic E-state index is 0.0871. The Morgan fingerprint density at radius 3 is 2.94 bits per heavy atom. The summed E-state index contributed by atoms with van der Waals surface area (Å²) in [6.45, 7) is 1.11. The van der Waals surface area contributed by atoms with Crippen LogP contribution >= 0.6 is 0 Å². The SMILES string of the molecule is Cn1nccc1CCNC(=O)CNC1CCCC1. The molecule has 0 saturated heterocycles. The third kappa shape index (κ3) is 3.84. The Morgan fingerprint density at radius 1 is 1.50 bits per heavy atom. The average molecular weight is 250 g/mol. The number of hydrogen-bond acceptors (Lipinski definition) is 3. The first-order valence-electron chi connectivity index (χ1n) is 6.72. The summed E-state index contributed by atoms with van der Waals surface area (Å²) in [5.41, 5.74) is 1.14. The highest BCUT2D eigenvalue weighted by Gasteiger charge is 2.14. The lowest BCUT2D eigenvalue weighted by molar-refractivity contribution is -0.120. The number of amides is 1. The summed E-state index contributed by atoms with van der Waals surface area (Å²) in [6, 6.07) is 2.52. The molecule has 0 aliphatic heterocycles. The minimum atomic E-state index is 0.0871. The van der Waals surface area contributed by atoms with E-state index in [-0.39, 0.29) is 5.91 Å². The molecular formula is C13H22N4O. The van der Waals surface area contributed by atoms with Gasteiger partial charge in [-0.05, 0) is 18.9 Å². The molecule has 1 saturated carbocycles. The smallest absolute Gasteiger partial charge is 0.233 e. The molecule has 5 nitrogen and oxygen atoms in total. The summed E-state index contributed by atoms with van der Waals surface area (Å²) < 4.78 is 1.84. The van der Waals surface area contributed by atoms with Crippen LogP contribution in [0.25, 0.3) is 0 Å². The molecule has 0 unspecified atom stereocenters. The zero-order chi connectivity index (χ0) is 12.8. The molecule has 1 fully saturated rings. The van der Waals surface area contributed by atoms with E-state index >= 15 is 0 Å². The lowest BCUT2D eigenvalue weighted by Gasteiger charge is -2.11. The molecule has 2 rings (SSSR count). The van der Waals surface area contributed by atoms with Gasteiger partial charge in [0.05, 0.1) is 6.54 Å². The maximum Gasteiger partial charge on any atom is 0.233 e. The van der Waals surface area contributed by atoms with Gasteiger partial charge in [-0.25, -0.2) is 0 Å². The van der Waals surface area contributed by atoms with Crippen LogP contribution in [-0.4, -0.2) is 34.8 Å². The second-order valence-electron chi connectivity index (χ2n) is 4.91. The zero-order valence-electron chi connectivity index (χ0n) is 11.0.